The highest BCUT2D eigenvalue weighted by Gasteiger charge is 2.24. The van der Waals surface area contributed by atoms with E-state index in [2.05, 4.69) is 5.32 Å². The van der Waals surface area contributed by atoms with Crippen LogP contribution >= 0.6 is 0 Å². The van der Waals surface area contributed by atoms with Gasteiger partial charge in [0, 0.05) is 12.7 Å². The highest BCUT2D eigenvalue weighted by Crippen LogP contribution is 2.13. The van der Waals surface area contributed by atoms with Crippen LogP contribution in [0.5, 0.6) is 0 Å². The van der Waals surface area contributed by atoms with Crippen LogP contribution in [0.25, 0.3) is 0 Å². The number of hydrogen-bond donors (Lipinski definition) is 2. The van der Waals surface area contributed by atoms with E-state index in [1.54, 1.807) is 26.8 Å². The van der Waals surface area contributed by atoms with Crippen molar-refractivity contribution in [1.82, 2.24) is 5.32 Å². The molecule has 1 rings (SSSR count). The smallest absolute Gasteiger partial charge is 0.408 e. The highest BCUT2D eigenvalue weighted by molar-refractivity contribution is 7.90. The molecule has 2 N–H and O–H groups in total. The molecule has 1 aromatic rings. The summed E-state index contributed by atoms with van der Waals surface area (Å²) in [5, 5.41) is 11.5. The van der Waals surface area contributed by atoms with Crippen LogP contribution in [0, 0.1) is 0 Å². The second kappa shape index (κ2) is 6.99. The first kappa shape index (κ1) is 19.0. The van der Waals surface area contributed by atoms with Crippen LogP contribution in [-0.2, 0) is 25.8 Å². The van der Waals surface area contributed by atoms with Crippen molar-refractivity contribution in [1.29, 1.82) is 0 Å². The lowest BCUT2D eigenvalue weighted by Crippen LogP contribution is -2.44. The number of carbonyl (C=O) groups is 2. The van der Waals surface area contributed by atoms with Crippen LogP contribution in [0.3, 0.4) is 0 Å². The van der Waals surface area contributed by atoms with Gasteiger partial charge < -0.3 is 15.2 Å². The van der Waals surface area contributed by atoms with Crippen molar-refractivity contribution in [2.24, 2.45) is 0 Å². The van der Waals surface area contributed by atoms with Crippen LogP contribution in [0.1, 0.15) is 26.3 Å². The summed E-state index contributed by atoms with van der Waals surface area (Å²) in [4.78, 5) is 23.1. The van der Waals surface area contributed by atoms with Crippen molar-refractivity contribution in [3.63, 3.8) is 0 Å². The molecule has 8 heteroatoms. The van der Waals surface area contributed by atoms with Gasteiger partial charge >= 0.3 is 12.1 Å². The van der Waals surface area contributed by atoms with Crippen molar-refractivity contribution < 1.29 is 27.9 Å². The van der Waals surface area contributed by atoms with Crippen molar-refractivity contribution in [2.45, 2.75) is 43.7 Å². The third-order valence-electron chi connectivity index (χ3n) is 2.76. The number of carbonyl (C=O) groups excluding carboxylic acids is 1. The van der Waals surface area contributed by atoms with E-state index in [1.807, 2.05) is 0 Å². The van der Waals surface area contributed by atoms with E-state index in [4.69, 9.17) is 4.74 Å². The van der Waals surface area contributed by atoms with E-state index in [-0.39, 0.29) is 11.3 Å². The molecule has 0 aromatic heterocycles. The summed E-state index contributed by atoms with van der Waals surface area (Å²) < 4.78 is 28.1. The molecule has 0 saturated heterocycles. The van der Waals surface area contributed by atoms with Gasteiger partial charge in [0.25, 0.3) is 0 Å². The first-order chi connectivity index (χ1) is 10.4. The summed E-state index contributed by atoms with van der Waals surface area (Å²) in [6.07, 6.45) is 0.168. The van der Waals surface area contributed by atoms with E-state index in [0.717, 1.165) is 6.26 Å². The van der Waals surface area contributed by atoms with Gasteiger partial charge in [0.05, 0.1) is 4.90 Å². The molecule has 0 saturated carbocycles. The molecule has 1 atom stereocenters. The maximum atomic E-state index is 11.7. The second-order valence-electron chi connectivity index (χ2n) is 6.16. The molecule has 0 aliphatic heterocycles. The Kier molecular flexibility index (Phi) is 5.76. The van der Waals surface area contributed by atoms with Crippen molar-refractivity contribution in [2.75, 3.05) is 6.26 Å². The Labute approximate surface area is 135 Å². The van der Waals surface area contributed by atoms with Crippen LogP contribution in [0.15, 0.2) is 29.2 Å². The minimum absolute atomic E-state index is 0.0576. The third kappa shape index (κ3) is 6.68. The Hall–Kier alpha value is -2.09. The lowest BCUT2D eigenvalue weighted by molar-refractivity contribution is -0.139. The van der Waals surface area contributed by atoms with E-state index >= 15 is 0 Å². The third-order valence-corrected chi connectivity index (χ3v) is 3.87. The van der Waals surface area contributed by atoms with Gasteiger partial charge in [0.1, 0.15) is 11.6 Å². The van der Waals surface area contributed by atoms with E-state index in [0.29, 0.717) is 5.56 Å². The predicted molar refractivity (Wildman–Crippen MR) is 84.0 cm³/mol. The number of carboxylic acid groups (broad SMARTS) is 1. The highest BCUT2D eigenvalue weighted by atomic mass is 32.2. The number of amides is 1. The van der Waals surface area contributed by atoms with Crippen LogP contribution in [0.2, 0.25) is 0 Å². The number of benzene rings is 1. The first-order valence-electron chi connectivity index (χ1n) is 6.90. The van der Waals surface area contributed by atoms with Crippen LogP contribution in [0.4, 0.5) is 4.79 Å². The summed E-state index contributed by atoms with van der Waals surface area (Å²) in [7, 11) is -3.39. The summed E-state index contributed by atoms with van der Waals surface area (Å²) in [6.45, 7) is 4.99. The molecule has 0 aliphatic rings. The van der Waals surface area contributed by atoms with E-state index < -0.39 is 33.5 Å². The lowest BCUT2D eigenvalue weighted by atomic mass is 10.1. The molecule has 1 amide bonds. The van der Waals surface area contributed by atoms with Gasteiger partial charge in [-0.15, -0.1) is 0 Å². The molecule has 0 bridgehead atoms. The largest absolute Gasteiger partial charge is 0.480 e. The van der Waals surface area contributed by atoms with Gasteiger partial charge in [-0.25, -0.2) is 18.0 Å². The molecule has 0 heterocycles. The number of ether oxygens (including phenoxy) is 1. The molecule has 0 spiro atoms. The Morgan fingerprint density at radius 3 is 2.39 bits per heavy atom. The lowest BCUT2D eigenvalue weighted by Gasteiger charge is -2.22. The summed E-state index contributed by atoms with van der Waals surface area (Å²) in [6, 6.07) is 4.72. The number of rotatable bonds is 5. The maximum Gasteiger partial charge on any atom is 0.408 e. The van der Waals surface area contributed by atoms with Gasteiger partial charge in [0.2, 0.25) is 0 Å². The van der Waals surface area contributed by atoms with E-state index in [9.17, 15) is 23.1 Å². The standard InChI is InChI=1S/C15H21NO6S/c1-15(2,3)22-14(19)16-12(13(17)18)9-10-6-5-7-11(8-10)23(4,20)21/h5-8,12H,9H2,1-4H3,(H,16,19)(H,17,18)/t12-/m1/s1. The van der Waals surface area contributed by atoms with Crippen LogP contribution in [-0.4, -0.2) is 43.5 Å². The minimum atomic E-state index is -3.39. The zero-order valence-electron chi connectivity index (χ0n) is 13.5. The van der Waals surface area contributed by atoms with Crippen molar-refractivity contribution in [3.05, 3.63) is 29.8 Å². The Morgan fingerprint density at radius 1 is 1.30 bits per heavy atom. The number of sulfone groups is 1. The maximum absolute atomic E-state index is 11.7. The Bertz CT molecular complexity index is 690. The number of aliphatic carboxylic acids is 1. The fourth-order valence-electron chi connectivity index (χ4n) is 1.79. The first-order valence-corrected chi connectivity index (χ1v) is 8.79. The molecule has 0 unspecified atom stereocenters. The summed E-state index contributed by atoms with van der Waals surface area (Å²) >= 11 is 0. The summed E-state index contributed by atoms with van der Waals surface area (Å²) in [5.74, 6) is -1.24. The molecular formula is C15H21NO6S. The minimum Gasteiger partial charge on any atom is -0.480 e. The van der Waals surface area contributed by atoms with E-state index in [1.165, 1.54) is 18.2 Å². The number of alkyl carbamates (subject to hydrolysis) is 1. The predicted octanol–water partition coefficient (Wildman–Crippen LogP) is 1.61. The molecule has 7 nitrogen and oxygen atoms in total. The fraction of sp³-hybridized carbons (Fsp3) is 0.467. The number of nitrogens with one attached hydrogen (secondary N) is 1. The van der Waals surface area contributed by atoms with Crippen molar-refractivity contribution in [3.8, 4) is 0 Å². The molecule has 128 valence electrons. The monoisotopic (exact) mass is 343 g/mol. The average molecular weight is 343 g/mol. The zero-order valence-corrected chi connectivity index (χ0v) is 14.3. The SMILES string of the molecule is CC(C)(C)OC(=O)N[C@H](Cc1cccc(S(C)(=O)=O)c1)C(=O)O. The van der Waals surface area contributed by atoms with Gasteiger partial charge in [-0.05, 0) is 38.5 Å². The van der Waals surface area contributed by atoms with Gasteiger partial charge in [-0.2, -0.15) is 0 Å². The molecular weight excluding hydrogens is 322 g/mol. The molecule has 23 heavy (non-hydrogen) atoms. The topological polar surface area (TPSA) is 110 Å². The molecule has 1 aromatic carbocycles. The molecule has 0 aliphatic carbocycles. The zero-order chi connectivity index (χ0) is 17.8. The fourth-order valence-corrected chi connectivity index (χ4v) is 2.48. The summed E-state index contributed by atoms with van der Waals surface area (Å²) in [5.41, 5.74) is -0.264. The Morgan fingerprint density at radius 2 is 1.91 bits per heavy atom. The molecule has 0 radical (unpaired) electrons. The number of hydrogen-bond acceptors (Lipinski definition) is 5. The van der Waals surface area contributed by atoms with Crippen LogP contribution < -0.4 is 5.32 Å². The quantitative estimate of drug-likeness (QED) is 0.840. The normalized spacial score (nSPS) is 13.2. The Balaban J connectivity index is 2.89. The second-order valence-corrected chi connectivity index (χ2v) is 8.18. The van der Waals surface area contributed by atoms with Gasteiger partial charge in [0.15, 0.2) is 9.84 Å². The van der Waals surface area contributed by atoms with Crippen molar-refractivity contribution >= 4 is 21.9 Å². The molecule has 0 fully saturated rings. The van der Waals surface area contributed by atoms with Gasteiger partial charge in [-0.3, -0.25) is 0 Å². The average Bonchev–Trinajstić information content (AvgIpc) is 2.35. The van der Waals surface area contributed by atoms with Gasteiger partial charge in [-0.1, -0.05) is 12.1 Å². The number of carboxylic acids is 1.